The lowest BCUT2D eigenvalue weighted by atomic mass is 9.90. The fraction of sp³-hybridized carbons (Fsp3) is 0.696. The van der Waals surface area contributed by atoms with Crippen molar-refractivity contribution >= 4 is 11.6 Å². The molecule has 0 spiro atoms. The van der Waals surface area contributed by atoms with Crippen LogP contribution in [0.5, 0.6) is 0 Å². The van der Waals surface area contributed by atoms with E-state index in [-0.39, 0.29) is 5.54 Å². The second-order valence-corrected chi connectivity index (χ2v) is 8.83. The number of hydrogen-bond acceptors (Lipinski definition) is 3. The number of aliphatic imine (C=N–C) groups is 1. The van der Waals surface area contributed by atoms with Gasteiger partial charge in [0.1, 0.15) is 0 Å². The maximum absolute atomic E-state index is 6.35. The van der Waals surface area contributed by atoms with Gasteiger partial charge in [-0.3, -0.25) is 9.89 Å². The minimum absolute atomic E-state index is 0.196. The van der Waals surface area contributed by atoms with Crippen LogP contribution in [-0.4, -0.2) is 49.2 Å². The SMILES string of the molecule is COC1CCN(C2(CN=C(N)Nc3cccc4c3CCCC4)CCCC2)CC1. The van der Waals surface area contributed by atoms with Crippen LogP contribution in [0.25, 0.3) is 0 Å². The first kappa shape index (κ1) is 19.7. The molecule has 28 heavy (non-hydrogen) atoms. The lowest BCUT2D eigenvalue weighted by Crippen LogP contribution is -2.53. The molecule has 5 heteroatoms. The average Bonchev–Trinajstić information content (AvgIpc) is 3.23. The zero-order valence-electron chi connectivity index (χ0n) is 17.4. The fourth-order valence-electron chi connectivity index (χ4n) is 5.48. The van der Waals surface area contributed by atoms with Gasteiger partial charge in [-0.15, -0.1) is 0 Å². The zero-order chi connectivity index (χ0) is 19.4. The Balaban J connectivity index is 1.43. The van der Waals surface area contributed by atoms with Crippen molar-refractivity contribution in [2.45, 2.75) is 75.9 Å². The second-order valence-electron chi connectivity index (χ2n) is 8.83. The summed E-state index contributed by atoms with van der Waals surface area (Å²) in [5, 5.41) is 3.42. The average molecular weight is 385 g/mol. The van der Waals surface area contributed by atoms with Gasteiger partial charge >= 0.3 is 0 Å². The van der Waals surface area contributed by atoms with Gasteiger partial charge in [0.25, 0.3) is 0 Å². The lowest BCUT2D eigenvalue weighted by molar-refractivity contribution is -0.0000293. The van der Waals surface area contributed by atoms with Gasteiger partial charge < -0.3 is 15.8 Å². The normalized spacial score (nSPS) is 23.5. The Kier molecular flexibility index (Phi) is 6.22. The van der Waals surface area contributed by atoms with E-state index in [0.29, 0.717) is 12.1 Å². The van der Waals surface area contributed by atoms with Crippen LogP contribution in [-0.2, 0) is 17.6 Å². The highest BCUT2D eigenvalue weighted by molar-refractivity contribution is 5.93. The molecule has 0 bridgehead atoms. The van der Waals surface area contributed by atoms with E-state index in [0.717, 1.165) is 44.6 Å². The summed E-state index contributed by atoms with van der Waals surface area (Å²) < 4.78 is 5.56. The van der Waals surface area contributed by atoms with E-state index in [2.05, 4.69) is 28.4 Å². The number of hydrogen-bond donors (Lipinski definition) is 2. The van der Waals surface area contributed by atoms with Gasteiger partial charge in [0.2, 0.25) is 0 Å². The molecule has 0 aromatic heterocycles. The standard InChI is InChI=1S/C23H36N4O/c1-28-19-11-15-27(16-12-19)23(13-4-5-14-23)17-25-22(24)26-21-10-6-8-18-7-2-3-9-20(18)21/h6,8,10,19H,2-5,7,9,11-17H2,1H3,(H3,24,25,26). The summed E-state index contributed by atoms with van der Waals surface area (Å²) in [5.74, 6) is 0.567. The molecule has 1 aromatic rings. The van der Waals surface area contributed by atoms with Crippen molar-refractivity contribution in [2.24, 2.45) is 10.7 Å². The fourth-order valence-corrected chi connectivity index (χ4v) is 5.48. The predicted molar refractivity (Wildman–Crippen MR) is 116 cm³/mol. The predicted octanol–water partition coefficient (Wildman–Crippen LogP) is 3.72. The number of nitrogens with one attached hydrogen (secondary N) is 1. The van der Waals surface area contributed by atoms with E-state index >= 15 is 0 Å². The van der Waals surface area contributed by atoms with Crippen LogP contribution in [0, 0.1) is 0 Å². The van der Waals surface area contributed by atoms with E-state index in [9.17, 15) is 0 Å². The van der Waals surface area contributed by atoms with Crippen molar-refractivity contribution in [3.63, 3.8) is 0 Å². The lowest BCUT2D eigenvalue weighted by Gasteiger charge is -2.44. The number of nitrogens with zero attached hydrogens (tertiary/aromatic N) is 2. The van der Waals surface area contributed by atoms with E-state index in [1.165, 1.54) is 56.1 Å². The molecule has 154 valence electrons. The zero-order valence-corrected chi connectivity index (χ0v) is 17.4. The molecule has 1 saturated carbocycles. The van der Waals surface area contributed by atoms with Gasteiger partial charge in [0.05, 0.1) is 12.6 Å². The smallest absolute Gasteiger partial charge is 0.193 e. The Morgan fingerprint density at radius 2 is 1.93 bits per heavy atom. The van der Waals surface area contributed by atoms with Gasteiger partial charge in [0.15, 0.2) is 5.96 Å². The van der Waals surface area contributed by atoms with E-state index in [4.69, 9.17) is 15.5 Å². The summed E-state index contributed by atoms with van der Waals surface area (Å²) in [5.41, 5.74) is 10.6. The highest BCUT2D eigenvalue weighted by Crippen LogP contribution is 2.37. The van der Waals surface area contributed by atoms with E-state index in [1.54, 1.807) is 0 Å². The van der Waals surface area contributed by atoms with Gasteiger partial charge in [-0.05, 0) is 68.6 Å². The number of rotatable bonds is 5. The summed E-state index contributed by atoms with van der Waals surface area (Å²) in [7, 11) is 1.84. The van der Waals surface area contributed by atoms with Gasteiger partial charge in [-0.1, -0.05) is 25.0 Å². The van der Waals surface area contributed by atoms with E-state index in [1.807, 2.05) is 7.11 Å². The molecule has 0 unspecified atom stereocenters. The van der Waals surface area contributed by atoms with Crippen LogP contribution in [0.15, 0.2) is 23.2 Å². The third-order valence-corrected chi connectivity index (χ3v) is 7.18. The van der Waals surface area contributed by atoms with Crippen molar-refractivity contribution in [2.75, 3.05) is 32.1 Å². The molecule has 0 atom stereocenters. The van der Waals surface area contributed by atoms with Crippen LogP contribution < -0.4 is 11.1 Å². The minimum atomic E-state index is 0.196. The molecule has 0 amide bonds. The van der Waals surface area contributed by atoms with Gasteiger partial charge in [-0.2, -0.15) is 0 Å². The maximum Gasteiger partial charge on any atom is 0.193 e. The van der Waals surface area contributed by atoms with Crippen molar-refractivity contribution in [3.8, 4) is 0 Å². The Hall–Kier alpha value is -1.59. The first-order valence-electron chi connectivity index (χ1n) is 11.2. The highest BCUT2D eigenvalue weighted by atomic mass is 16.5. The number of ether oxygens (including phenoxy) is 1. The summed E-state index contributed by atoms with van der Waals surface area (Å²) in [6.07, 6.45) is 12.7. The number of fused-ring (bicyclic) bond motifs is 1. The van der Waals surface area contributed by atoms with Crippen LogP contribution in [0.4, 0.5) is 5.69 Å². The molecule has 1 saturated heterocycles. The number of anilines is 1. The number of methoxy groups -OCH3 is 1. The number of guanidine groups is 1. The van der Waals surface area contributed by atoms with Crippen molar-refractivity contribution in [1.82, 2.24) is 4.90 Å². The molecule has 2 aliphatic carbocycles. The molecule has 3 N–H and O–H groups in total. The molecule has 3 aliphatic rings. The Labute approximate surface area is 169 Å². The van der Waals surface area contributed by atoms with Crippen molar-refractivity contribution in [1.29, 1.82) is 0 Å². The summed E-state index contributed by atoms with van der Waals surface area (Å²) in [6.45, 7) is 3.04. The Bertz CT molecular complexity index is 688. The van der Waals surface area contributed by atoms with Crippen LogP contribution in [0.2, 0.25) is 0 Å². The third-order valence-electron chi connectivity index (χ3n) is 7.18. The molecule has 1 aromatic carbocycles. The topological polar surface area (TPSA) is 62.9 Å². The molecule has 4 rings (SSSR count). The first-order chi connectivity index (χ1) is 13.7. The highest BCUT2D eigenvalue weighted by Gasteiger charge is 2.40. The van der Waals surface area contributed by atoms with Crippen LogP contribution >= 0.6 is 0 Å². The van der Waals surface area contributed by atoms with Crippen LogP contribution in [0.1, 0.15) is 62.5 Å². The Morgan fingerprint density at radius 1 is 1.18 bits per heavy atom. The summed E-state index contributed by atoms with van der Waals surface area (Å²) >= 11 is 0. The van der Waals surface area contributed by atoms with Gasteiger partial charge in [-0.25, -0.2) is 0 Å². The van der Waals surface area contributed by atoms with Crippen LogP contribution in [0.3, 0.4) is 0 Å². The summed E-state index contributed by atoms with van der Waals surface area (Å²) in [6, 6.07) is 6.54. The molecule has 1 heterocycles. The van der Waals surface area contributed by atoms with Gasteiger partial charge in [0, 0.05) is 31.4 Å². The number of piperidine rings is 1. The summed E-state index contributed by atoms with van der Waals surface area (Å²) in [4.78, 5) is 7.52. The largest absolute Gasteiger partial charge is 0.381 e. The van der Waals surface area contributed by atoms with Crippen molar-refractivity contribution in [3.05, 3.63) is 29.3 Å². The first-order valence-corrected chi connectivity index (χ1v) is 11.2. The molecule has 1 aliphatic heterocycles. The Morgan fingerprint density at radius 3 is 2.68 bits per heavy atom. The van der Waals surface area contributed by atoms with E-state index < -0.39 is 0 Å². The minimum Gasteiger partial charge on any atom is -0.381 e. The maximum atomic E-state index is 6.35. The number of nitrogens with two attached hydrogens (primary N) is 1. The molecular weight excluding hydrogens is 348 g/mol. The molecular formula is C23H36N4O. The number of likely N-dealkylation sites (tertiary alicyclic amines) is 1. The molecule has 2 fully saturated rings. The third kappa shape index (κ3) is 4.20. The number of benzene rings is 1. The molecule has 0 radical (unpaired) electrons. The molecule has 5 nitrogen and oxygen atoms in total. The monoisotopic (exact) mass is 384 g/mol. The number of aryl methyl sites for hydroxylation is 1. The second kappa shape index (κ2) is 8.83. The van der Waals surface area contributed by atoms with Crippen molar-refractivity contribution < 1.29 is 4.74 Å². The quantitative estimate of drug-likeness (QED) is 0.600.